The Morgan fingerprint density at radius 1 is 1.20 bits per heavy atom. The monoisotopic (exact) mass is 146 g/mol. The topological polar surface area (TPSA) is 34.1 Å². The molecule has 0 heterocycles. The molecule has 0 amide bonds. The van der Waals surface area contributed by atoms with Crippen molar-refractivity contribution in [3.05, 3.63) is 0 Å². The van der Waals surface area contributed by atoms with Gasteiger partial charge in [-0.3, -0.25) is 0 Å². The van der Waals surface area contributed by atoms with Crippen LogP contribution in [0.15, 0.2) is 0 Å². The fourth-order valence-corrected chi connectivity index (χ4v) is 0. The summed E-state index contributed by atoms with van der Waals surface area (Å²) in [5.74, 6) is 0. The maximum absolute atomic E-state index is 8.19. The summed E-state index contributed by atoms with van der Waals surface area (Å²) in [7, 11) is 0. The van der Waals surface area contributed by atoms with Crippen LogP contribution in [-0.2, 0) is 40.8 Å². The molecule has 0 unspecified atom stereocenters. The van der Waals surface area contributed by atoms with Gasteiger partial charge in [-0.1, -0.05) is 0 Å². The molecule has 2 nitrogen and oxygen atoms in total. The minimum absolute atomic E-state index is 0. The van der Waals surface area contributed by atoms with E-state index in [9.17, 15) is 0 Å². The zero-order valence-corrected chi connectivity index (χ0v) is 4.22. The average molecular weight is 146 g/mol. The third-order valence-electron chi connectivity index (χ3n) is 0. The third kappa shape index (κ3) is 34.1. The van der Waals surface area contributed by atoms with Gasteiger partial charge in [0.05, 0.1) is 0 Å². The first-order chi connectivity index (χ1) is 2.00. The summed E-state index contributed by atoms with van der Waals surface area (Å²) in [6.45, 7) is 0. The molecule has 0 aromatic heterocycles. The van der Waals surface area contributed by atoms with Gasteiger partial charge in [0.25, 0.3) is 0 Å². The van der Waals surface area contributed by atoms with Gasteiger partial charge in [0, 0.05) is 0 Å². The second-order valence-corrected chi connectivity index (χ2v) is 0. The first kappa shape index (κ1) is 16.2. The standard InChI is InChI=1S/Li.Mn.2O.V.H. The van der Waals surface area contributed by atoms with Crippen LogP contribution >= 0.6 is 0 Å². The molecule has 0 N–H and O–H groups in total. The molecule has 0 spiro atoms. The van der Waals surface area contributed by atoms with Crippen LogP contribution in [0.5, 0.6) is 0 Å². The molecular formula is HLiMnO2V. The fraction of sp³-hybridized carbons (Fsp3) is 0. The summed E-state index contributed by atoms with van der Waals surface area (Å²) in [4.78, 5) is 0. The molecule has 0 aromatic rings. The molecule has 0 bridgehead atoms. The van der Waals surface area contributed by atoms with Crippen LogP contribution in [0.25, 0.3) is 0 Å². The minimum atomic E-state index is 0. The Labute approximate surface area is 59.5 Å². The molecule has 0 aliphatic heterocycles. The molecule has 0 rings (SSSR count). The van der Waals surface area contributed by atoms with Gasteiger partial charge in [-0.2, -0.15) is 0 Å². The fourth-order valence-electron chi connectivity index (χ4n) is 0. The zero-order chi connectivity index (χ0) is 4.00. The second kappa shape index (κ2) is 57.9. The quantitative estimate of drug-likeness (QED) is 0.415. The summed E-state index contributed by atoms with van der Waals surface area (Å²) in [5.41, 5.74) is 0. The summed E-state index contributed by atoms with van der Waals surface area (Å²) in [6, 6.07) is 0. The van der Waals surface area contributed by atoms with Crippen molar-refractivity contribution in [2.45, 2.75) is 0 Å². The Hall–Kier alpha value is 1.30. The van der Waals surface area contributed by atoms with Gasteiger partial charge in [0.15, 0.2) is 0 Å². The molecule has 0 radical (unpaired) electrons. The first-order valence-electron chi connectivity index (χ1n) is 0.337. The van der Waals surface area contributed by atoms with Gasteiger partial charge in [-0.25, -0.2) is 0 Å². The maximum atomic E-state index is 8.19. The molecule has 0 aliphatic carbocycles. The first-order valence-corrected chi connectivity index (χ1v) is 1.39. The summed E-state index contributed by atoms with van der Waals surface area (Å²) in [5, 5.41) is 0. The van der Waals surface area contributed by atoms with E-state index >= 15 is 0 Å². The van der Waals surface area contributed by atoms with Crippen LogP contribution in [0.4, 0.5) is 0 Å². The Bertz CT molecular complexity index is 11.6. The SMILES string of the molecule is [LiH].[O]=[Mn].[O]=[V]. The van der Waals surface area contributed by atoms with Crippen molar-refractivity contribution in [1.29, 1.82) is 0 Å². The van der Waals surface area contributed by atoms with Crippen molar-refractivity contribution >= 4 is 18.9 Å². The van der Waals surface area contributed by atoms with E-state index in [1.807, 2.05) is 0 Å². The zero-order valence-electron chi connectivity index (χ0n) is 1.64. The van der Waals surface area contributed by atoms with E-state index in [1.165, 1.54) is 0 Å². The van der Waals surface area contributed by atoms with Gasteiger partial charge in [-0.05, 0) is 0 Å². The normalized spacial score (nSPS) is 1.40. The van der Waals surface area contributed by atoms with Crippen molar-refractivity contribution in [3.63, 3.8) is 0 Å². The predicted octanol–water partition coefficient (Wildman–Crippen LogP) is -0.891. The molecule has 0 fully saturated rings. The van der Waals surface area contributed by atoms with Crippen molar-refractivity contribution in [2.24, 2.45) is 0 Å². The van der Waals surface area contributed by atoms with Crippen LogP contribution < -0.4 is 0 Å². The number of rotatable bonds is 0. The van der Waals surface area contributed by atoms with Crippen LogP contribution in [-0.4, -0.2) is 18.9 Å². The molecular weight excluding hydrogens is 145 g/mol. The Morgan fingerprint density at radius 2 is 1.20 bits per heavy atom. The van der Waals surface area contributed by atoms with E-state index < -0.39 is 0 Å². The van der Waals surface area contributed by atoms with E-state index in [2.05, 4.69) is 0 Å². The van der Waals surface area contributed by atoms with Gasteiger partial charge in [-0.15, -0.1) is 0 Å². The molecule has 0 aliphatic rings. The molecule has 26 valence electrons. The molecule has 0 aromatic carbocycles. The molecule has 0 saturated heterocycles. The number of hydrogen-bond donors (Lipinski definition) is 0. The van der Waals surface area contributed by atoms with E-state index in [1.54, 1.807) is 15.9 Å². The van der Waals surface area contributed by atoms with Crippen molar-refractivity contribution in [3.8, 4) is 0 Å². The van der Waals surface area contributed by atoms with Crippen molar-refractivity contribution in [1.82, 2.24) is 0 Å². The molecule has 0 saturated carbocycles. The van der Waals surface area contributed by atoms with E-state index in [-0.39, 0.29) is 18.9 Å². The van der Waals surface area contributed by atoms with Crippen molar-refractivity contribution < 1.29 is 40.8 Å². The Morgan fingerprint density at radius 3 is 1.20 bits per heavy atom. The Kier molecular flexibility index (Phi) is 188. The summed E-state index contributed by atoms with van der Waals surface area (Å²) in [6.07, 6.45) is 0. The van der Waals surface area contributed by atoms with E-state index in [0.717, 1.165) is 17.4 Å². The summed E-state index contributed by atoms with van der Waals surface area (Å²) < 4.78 is 16.2. The van der Waals surface area contributed by atoms with Gasteiger partial charge < -0.3 is 0 Å². The van der Waals surface area contributed by atoms with Crippen LogP contribution in [0.3, 0.4) is 0 Å². The van der Waals surface area contributed by atoms with Gasteiger partial charge in [0.2, 0.25) is 0 Å². The van der Waals surface area contributed by atoms with E-state index in [4.69, 9.17) is 7.51 Å². The third-order valence-corrected chi connectivity index (χ3v) is 0. The molecule has 5 heavy (non-hydrogen) atoms. The summed E-state index contributed by atoms with van der Waals surface area (Å²) >= 11 is 2.75. The van der Waals surface area contributed by atoms with Crippen LogP contribution in [0.1, 0.15) is 0 Å². The average Bonchev–Trinajstić information content (AvgIpc) is 1.50. The molecule has 5 heteroatoms. The number of hydrogen-bond acceptors (Lipinski definition) is 2. The van der Waals surface area contributed by atoms with Crippen molar-refractivity contribution in [2.75, 3.05) is 0 Å². The van der Waals surface area contributed by atoms with E-state index in [0.29, 0.717) is 0 Å². The van der Waals surface area contributed by atoms with Gasteiger partial charge >= 0.3 is 59.7 Å². The van der Waals surface area contributed by atoms with Gasteiger partial charge in [0.1, 0.15) is 0 Å². The molecule has 0 atom stereocenters. The predicted molar refractivity (Wildman–Crippen MR) is 8.52 cm³/mol. The van der Waals surface area contributed by atoms with Crippen LogP contribution in [0, 0.1) is 0 Å². The Balaban J connectivity index is -0.0000000133. The van der Waals surface area contributed by atoms with Crippen LogP contribution in [0.2, 0.25) is 0 Å². The second-order valence-electron chi connectivity index (χ2n) is 0.